The Morgan fingerprint density at radius 2 is 1.58 bits per heavy atom. The van der Waals surface area contributed by atoms with Gasteiger partial charge in [-0.1, -0.05) is 13.8 Å². The van der Waals surface area contributed by atoms with Crippen molar-refractivity contribution in [2.75, 3.05) is 40.1 Å². The Bertz CT molecular complexity index is 181. The van der Waals surface area contributed by atoms with E-state index in [1.165, 1.54) is 6.92 Å². The van der Waals surface area contributed by atoms with E-state index in [1.807, 2.05) is 0 Å². The molecule has 0 aliphatic heterocycles. The monoisotopic (exact) mass is 278 g/mol. The maximum Gasteiger partial charge on any atom is 0.302 e. The van der Waals surface area contributed by atoms with Gasteiger partial charge in [0.25, 0.3) is 0 Å². The fourth-order valence-electron chi connectivity index (χ4n) is 1.10. The summed E-state index contributed by atoms with van der Waals surface area (Å²) in [5, 5.41) is 0. The van der Waals surface area contributed by atoms with Crippen LogP contribution in [-0.2, 0) is 23.7 Å². The summed E-state index contributed by atoms with van der Waals surface area (Å²) < 4.78 is 19.9. The van der Waals surface area contributed by atoms with E-state index in [2.05, 4.69) is 13.8 Å². The largest absolute Gasteiger partial charge is 0.460 e. The van der Waals surface area contributed by atoms with Gasteiger partial charge in [0.15, 0.2) is 0 Å². The second kappa shape index (κ2) is 17.4. The Labute approximate surface area is 117 Å². The molecular weight excluding hydrogens is 248 g/mol. The topological polar surface area (TPSA) is 54.0 Å². The second-order valence-corrected chi connectivity index (χ2v) is 4.10. The van der Waals surface area contributed by atoms with Gasteiger partial charge in [-0.15, -0.1) is 0 Å². The number of hydrogen-bond donors (Lipinski definition) is 0. The SMILES string of the molecule is CCCOCCC.COCCOCC(C)OC(C)=O. The summed E-state index contributed by atoms with van der Waals surface area (Å²) in [6, 6.07) is 0. The number of rotatable bonds is 10. The molecule has 5 nitrogen and oxygen atoms in total. The fraction of sp³-hybridized carbons (Fsp3) is 0.929. The molecule has 0 amide bonds. The number of methoxy groups -OCH3 is 1. The van der Waals surface area contributed by atoms with Crippen LogP contribution in [-0.4, -0.2) is 52.2 Å². The number of esters is 1. The van der Waals surface area contributed by atoms with Gasteiger partial charge in [-0.2, -0.15) is 0 Å². The van der Waals surface area contributed by atoms with Crippen LogP contribution in [0.1, 0.15) is 40.5 Å². The highest BCUT2D eigenvalue weighted by Crippen LogP contribution is 1.92. The lowest BCUT2D eigenvalue weighted by molar-refractivity contribution is -0.148. The summed E-state index contributed by atoms with van der Waals surface area (Å²) in [6.45, 7) is 10.8. The van der Waals surface area contributed by atoms with E-state index < -0.39 is 0 Å². The summed E-state index contributed by atoms with van der Waals surface area (Å²) in [5.41, 5.74) is 0. The number of hydrogen-bond acceptors (Lipinski definition) is 5. The molecule has 0 rings (SSSR count). The normalized spacial score (nSPS) is 11.4. The van der Waals surface area contributed by atoms with Crippen LogP contribution in [0.25, 0.3) is 0 Å². The quantitative estimate of drug-likeness (QED) is 0.454. The highest BCUT2D eigenvalue weighted by atomic mass is 16.6. The van der Waals surface area contributed by atoms with Gasteiger partial charge in [0.05, 0.1) is 19.8 Å². The third-order valence-electron chi connectivity index (χ3n) is 1.85. The predicted molar refractivity (Wildman–Crippen MR) is 75.3 cm³/mol. The van der Waals surface area contributed by atoms with Crippen molar-refractivity contribution in [1.29, 1.82) is 0 Å². The first-order chi connectivity index (χ1) is 9.08. The van der Waals surface area contributed by atoms with Crippen molar-refractivity contribution in [2.45, 2.75) is 46.6 Å². The standard InChI is InChI=1S/C8H16O4.C6H14O/c1-7(12-8(2)9)6-11-5-4-10-3;1-3-5-7-6-4-2/h7H,4-6H2,1-3H3;3-6H2,1-2H3. The smallest absolute Gasteiger partial charge is 0.302 e. The maximum atomic E-state index is 10.4. The number of carbonyl (C=O) groups is 1. The zero-order valence-electron chi connectivity index (χ0n) is 13.1. The lowest BCUT2D eigenvalue weighted by Crippen LogP contribution is -2.19. The lowest BCUT2D eigenvalue weighted by atomic mass is 10.4. The summed E-state index contributed by atoms with van der Waals surface area (Å²) >= 11 is 0. The van der Waals surface area contributed by atoms with E-state index in [1.54, 1.807) is 14.0 Å². The highest BCUT2D eigenvalue weighted by Gasteiger charge is 2.04. The van der Waals surface area contributed by atoms with E-state index in [0.29, 0.717) is 19.8 Å². The minimum absolute atomic E-state index is 0.181. The van der Waals surface area contributed by atoms with Crippen molar-refractivity contribution in [3.8, 4) is 0 Å². The van der Waals surface area contributed by atoms with Crippen molar-refractivity contribution in [3.63, 3.8) is 0 Å². The Hall–Kier alpha value is -0.650. The summed E-state index contributed by atoms with van der Waals surface area (Å²) in [4.78, 5) is 10.4. The molecule has 0 bridgehead atoms. The molecule has 0 saturated carbocycles. The second-order valence-electron chi connectivity index (χ2n) is 4.10. The van der Waals surface area contributed by atoms with Crippen LogP contribution in [0.5, 0.6) is 0 Å². The van der Waals surface area contributed by atoms with Crippen molar-refractivity contribution in [2.24, 2.45) is 0 Å². The van der Waals surface area contributed by atoms with Crippen LogP contribution in [0.4, 0.5) is 0 Å². The first-order valence-corrected chi connectivity index (χ1v) is 6.90. The van der Waals surface area contributed by atoms with E-state index in [-0.39, 0.29) is 12.1 Å². The Morgan fingerprint density at radius 3 is 2.00 bits per heavy atom. The third-order valence-corrected chi connectivity index (χ3v) is 1.85. The summed E-state index contributed by atoms with van der Waals surface area (Å²) in [5.74, 6) is -0.280. The van der Waals surface area contributed by atoms with Gasteiger partial charge >= 0.3 is 5.97 Å². The molecular formula is C14H30O5. The Kier molecular flexibility index (Phi) is 18.9. The van der Waals surface area contributed by atoms with E-state index in [9.17, 15) is 4.79 Å². The Morgan fingerprint density at radius 1 is 1.00 bits per heavy atom. The van der Waals surface area contributed by atoms with Crippen molar-refractivity contribution < 1.29 is 23.7 Å². The molecule has 0 heterocycles. The molecule has 0 spiro atoms. The molecule has 1 atom stereocenters. The molecule has 0 N–H and O–H groups in total. The van der Waals surface area contributed by atoms with E-state index in [0.717, 1.165) is 26.1 Å². The molecule has 0 aromatic rings. The average Bonchev–Trinajstić information content (AvgIpc) is 2.35. The van der Waals surface area contributed by atoms with Gasteiger partial charge in [0.1, 0.15) is 6.10 Å². The van der Waals surface area contributed by atoms with Gasteiger partial charge in [-0.3, -0.25) is 4.79 Å². The minimum atomic E-state index is -0.280. The van der Waals surface area contributed by atoms with Crippen LogP contribution >= 0.6 is 0 Å². The highest BCUT2D eigenvalue weighted by molar-refractivity contribution is 5.66. The van der Waals surface area contributed by atoms with Gasteiger partial charge in [0.2, 0.25) is 0 Å². The Balaban J connectivity index is 0. The van der Waals surface area contributed by atoms with E-state index in [4.69, 9.17) is 18.9 Å². The molecule has 0 saturated heterocycles. The van der Waals surface area contributed by atoms with Crippen LogP contribution in [0.15, 0.2) is 0 Å². The lowest BCUT2D eigenvalue weighted by Gasteiger charge is -2.11. The molecule has 0 aliphatic rings. The van der Waals surface area contributed by atoms with Crippen LogP contribution in [0.3, 0.4) is 0 Å². The van der Waals surface area contributed by atoms with Crippen molar-refractivity contribution >= 4 is 5.97 Å². The predicted octanol–water partition coefficient (Wildman–Crippen LogP) is 2.42. The van der Waals surface area contributed by atoms with Gasteiger partial charge < -0.3 is 18.9 Å². The summed E-state index contributed by atoms with van der Waals surface area (Å²) in [7, 11) is 1.61. The molecule has 0 radical (unpaired) electrons. The van der Waals surface area contributed by atoms with Gasteiger partial charge in [0, 0.05) is 27.2 Å². The molecule has 5 heteroatoms. The molecule has 0 aliphatic carbocycles. The summed E-state index contributed by atoms with van der Waals surface area (Å²) in [6.07, 6.45) is 2.10. The molecule has 0 aromatic carbocycles. The van der Waals surface area contributed by atoms with Gasteiger partial charge in [-0.25, -0.2) is 0 Å². The number of carbonyl (C=O) groups excluding carboxylic acids is 1. The van der Waals surface area contributed by atoms with Crippen molar-refractivity contribution in [3.05, 3.63) is 0 Å². The van der Waals surface area contributed by atoms with Gasteiger partial charge in [-0.05, 0) is 19.8 Å². The molecule has 19 heavy (non-hydrogen) atoms. The molecule has 0 aromatic heterocycles. The zero-order valence-corrected chi connectivity index (χ0v) is 13.1. The molecule has 1 unspecified atom stereocenters. The molecule has 116 valence electrons. The zero-order chi connectivity index (χ0) is 14.9. The van der Waals surface area contributed by atoms with Crippen molar-refractivity contribution in [1.82, 2.24) is 0 Å². The van der Waals surface area contributed by atoms with Crippen LogP contribution in [0.2, 0.25) is 0 Å². The maximum absolute atomic E-state index is 10.4. The fourth-order valence-corrected chi connectivity index (χ4v) is 1.10. The van der Waals surface area contributed by atoms with Crippen LogP contribution < -0.4 is 0 Å². The van der Waals surface area contributed by atoms with Crippen LogP contribution in [0, 0.1) is 0 Å². The minimum Gasteiger partial charge on any atom is -0.460 e. The van der Waals surface area contributed by atoms with E-state index >= 15 is 0 Å². The average molecular weight is 278 g/mol. The first kappa shape index (κ1) is 20.7. The first-order valence-electron chi connectivity index (χ1n) is 6.90. The number of ether oxygens (including phenoxy) is 4. The third kappa shape index (κ3) is 22.9. The molecule has 0 fully saturated rings.